The van der Waals surface area contributed by atoms with E-state index in [4.69, 9.17) is 9.52 Å². The molecular weight excluding hydrogens is 218 g/mol. The van der Waals surface area contributed by atoms with Gasteiger partial charge in [0.25, 0.3) is 0 Å². The van der Waals surface area contributed by atoms with Crippen LogP contribution in [0.15, 0.2) is 22.6 Å². The molecule has 1 aromatic carbocycles. The molecule has 1 heterocycles. The van der Waals surface area contributed by atoms with E-state index in [2.05, 4.69) is 4.98 Å². The van der Waals surface area contributed by atoms with Gasteiger partial charge in [-0.1, -0.05) is 6.07 Å². The lowest BCUT2D eigenvalue weighted by atomic mass is 9.96. The quantitative estimate of drug-likeness (QED) is 0.881. The third kappa shape index (κ3) is 1.69. The first kappa shape index (κ1) is 10.3. The summed E-state index contributed by atoms with van der Waals surface area (Å²) in [6, 6.07) is 5.72. The lowest BCUT2D eigenvalue weighted by Crippen LogP contribution is -2.17. The topological polar surface area (TPSA) is 63.3 Å². The number of fused-ring (bicyclic) bond motifs is 1. The van der Waals surface area contributed by atoms with Gasteiger partial charge in [0.2, 0.25) is 0 Å². The number of aryl methyl sites for hydroxylation is 1. The first-order chi connectivity index (χ1) is 8.09. The minimum Gasteiger partial charge on any atom is -0.481 e. The van der Waals surface area contributed by atoms with Crippen LogP contribution in [0.1, 0.15) is 24.3 Å². The summed E-state index contributed by atoms with van der Waals surface area (Å²) in [5.74, 6) is -0.0505. The summed E-state index contributed by atoms with van der Waals surface area (Å²) >= 11 is 0. The zero-order valence-corrected chi connectivity index (χ0v) is 9.56. The van der Waals surface area contributed by atoms with Crippen LogP contribution in [0.2, 0.25) is 0 Å². The molecule has 1 aromatic heterocycles. The zero-order chi connectivity index (χ0) is 12.0. The van der Waals surface area contributed by atoms with Gasteiger partial charge in [0.05, 0.1) is 5.41 Å². The molecule has 3 rings (SSSR count). The maximum Gasteiger partial charge on any atom is 0.309 e. The van der Waals surface area contributed by atoms with Gasteiger partial charge in [-0.05, 0) is 37.0 Å². The highest BCUT2D eigenvalue weighted by Gasteiger charge is 2.49. The van der Waals surface area contributed by atoms with E-state index in [0.717, 1.165) is 29.5 Å². The normalized spacial score (nSPS) is 17.2. The Morgan fingerprint density at radius 3 is 2.94 bits per heavy atom. The van der Waals surface area contributed by atoms with Crippen molar-refractivity contribution in [3.05, 3.63) is 29.7 Å². The number of rotatable bonds is 3. The lowest BCUT2D eigenvalue weighted by molar-refractivity contribution is -0.143. The standard InChI is InChI=1S/C13H13NO3/c1-8-14-10-6-9(2-3-11(10)17-8)7-13(4-5-13)12(15)16/h2-3,6H,4-5,7H2,1H3,(H,15,16). The molecule has 4 heteroatoms. The summed E-state index contributed by atoms with van der Waals surface area (Å²) in [5.41, 5.74) is 2.06. The number of hydrogen-bond donors (Lipinski definition) is 1. The molecule has 2 aromatic rings. The number of carboxylic acids is 1. The highest BCUT2D eigenvalue weighted by atomic mass is 16.4. The van der Waals surface area contributed by atoms with Gasteiger partial charge >= 0.3 is 5.97 Å². The number of hydrogen-bond acceptors (Lipinski definition) is 3. The maximum atomic E-state index is 11.1. The van der Waals surface area contributed by atoms with Crippen LogP contribution in [0.3, 0.4) is 0 Å². The van der Waals surface area contributed by atoms with Gasteiger partial charge in [0.1, 0.15) is 5.52 Å². The molecule has 1 N–H and O–H groups in total. The van der Waals surface area contributed by atoms with Gasteiger partial charge in [-0.25, -0.2) is 4.98 Å². The molecule has 0 saturated heterocycles. The zero-order valence-electron chi connectivity index (χ0n) is 9.56. The number of benzene rings is 1. The Bertz CT molecular complexity index is 596. The van der Waals surface area contributed by atoms with Crippen LogP contribution in [0.5, 0.6) is 0 Å². The molecule has 0 unspecified atom stereocenters. The van der Waals surface area contributed by atoms with Crippen molar-refractivity contribution in [1.82, 2.24) is 4.98 Å². The van der Waals surface area contributed by atoms with E-state index < -0.39 is 11.4 Å². The van der Waals surface area contributed by atoms with Crippen molar-refractivity contribution >= 4 is 17.1 Å². The molecule has 1 saturated carbocycles. The van der Waals surface area contributed by atoms with Gasteiger partial charge in [-0.3, -0.25) is 4.79 Å². The van der Waals surface area contributed by atoms with Crippen LogP contribution >= 0.6 is 0 Å². The van der Waals surface area contributed by atoms with Crippen molar-refractivity contribution in [3.8, 4) is 0 Å². The molecule has 0 radical (unpaired) electrons. The van der Waals surface area contributed by atoms with Crippen LogP contribution in [-0.2, 0) is 11.2 Å². The number of aliphatic carboxylic acids is 1. The molecule has 1 aliphatic carbocycles. The van der Waals surface area contributed by atoms with Crippen LogP contribution in [0.25, 0.3) is 11.1 Å². The number of oxazole rings is 1. The molecule has 0 aliphatic heterocycles. The predicted molar refractivity (Wildman–Crippen MR) is 61.8 cm³/mol. The molecule has 0 bridgehead atoms. The first-order valence-electron chi connectivity index (χ1n) is 5.69. The van der Waals surface area contributed by atoms with Gasteiger partial charge in [-0.15, -0.1) is 0 Å². The van der Waals surface area contributed by atoms with E-state index in [1.54, 1.807) is 6.92 Å². The highest BCUT2D eigenvalue weighted by molar-refractivity contribution is 5.79. The summed E-state index contributed by atoms with van der Waals surface area (Å²) < 4.78 is 5.39. The molecule has 17 heavy (non-hydrogen) atoms. The fraction of sp³-hybridized carbons (Fsp3) is 0.385. The van der Waals surface area contributed by atoms with E-state index >= 15 is 0 Å². The Hall–Kier alpha value is -1.84. The summed E-state index contributed by atoms with van der Waals surface area (Å²) in [5, 5.41) is 9.15. The Morgan fingerprint density at radius 2 is 2.29 bits per heavy atom. The van der Waals surface area contributed by atoms with E-state index in [1.807, 2.05) is 18.2 Å². The fourth-order valence-electron chi connectivity index (χ4n) is 2.21. The average Bonchev–Trinajstić information content (AvgIpc) is 2.94. The Kier molecular flexibility index (Phi) is 2.02. The van der Waals surface area contributed by atoms with Gasteiger partial charge in [0.15, 0.2) is 11.5 Å². The SMILES string of the molecule is Cc1nc2cc(CC3(C(=O)O)CC3)ccc2o1. The molecule has 0 atom stereocenters. The number of nitrogens with zero attached hydrogens (tertiary/aromatic N) is 1. The Morgan fingerprint density at radius 1 is 1.53 bits per heavy atom. The maximum absolute atomic E-state index is 11.1. The van der Waals surface area contributed by atoms with E-state index in [9.17, 15) is 4.79 Å². The van der Waals surface area contributed by atoms with Crippen LogP contribution in [0, 0.1) is 12.3 Å². The van der Waals surface area contributed by atoms with Crippen molar-refractivity contribution in [3.63, 3.8) is 0 Å². The molecule has 0 spiro atoms. The second-order valence-corrected chi connectivity index (χ2v) is 4.80. The fourth-order valence-corrected chi connectivity index (χ4v) is 2.21. The van der Waals surface area contributed by atoms with Gasteiger partial charge in [-0.2, -0.15) is 0 Å². The van der Waals surface area contributed by atoms with E-state index in [0.29, 0.717) is 12.3 Å². The molecular formula is C13H13NO3. The lowest BCUT2D eigenvalue weighted by Gasteiger charge is -2.08. The van der Waals surface area contributed by atoms with Crippen molar-refractivity contribution < 1.29 is 14.3 Å². The first-order valence-corrected chi connectivity index (χ1v) is 5.69. The Balaban J connectivity index is 1.93. The highest BCUT2D eigenvalue weighted by Crippen LogP contribution is 2.48. The summed E-state index contributed by atoms with van der Waals surface area (Å²) in [7, 11) is 0. The number of carboxylic acid groups (broad SMARTS) is 1. The van der Waals surface area contributed by atoms with Gasteiger partial charge < -0.3 is 9.52 Å². The predicted octanol–water partition coefficient (Wildman–Crippen LogP) is 2.54. The van der Waals surface area contributed by atoms with Gasteiger partial charge in [0, 0.05) is 6.92 Å². The third-order valence-electron chi connectivity index (χ3n) is 3.41. The van der Waals surface area contributed by atoms with E-state index in [1.165, 1.54) is 0 Å². The van der Waals surface area contributed by atoms with E-state index in [-0.39, 0.29) is 0 Å². The monoisotopic (exact) mass is 231 g/mol. The number of aromatic nitrogens is 1. The Labute approximate surface area is 98.3 Å². The van der Waals surface area contributed by atoms with Crippen molar-refractivity contribution in [1.29, 1.82) is 0 Å². The smallest absolute Gasteiger partial charge is 0.309 e. The van der Waals surface area contributed by atoms with Crippen LogP contribution < -0.4 is 0 Å². The summed E-state index contributed by atoms with van der Waals surface area (Å²) in [6.07, 6.45) is 2.14. The molecule has 4 nitrogen and oxygen atoms in total. The third-order valence-corrected chi connectivity index (χ3v) is 3.41. The second kappa shape index (κ2) is 3.32. The van der Waals surface area contributed by atoms with Crippen molar-refractivity contribution in [2.24, 2.45) is 5.41 Å². The second-order valence-electron chi connectivity index (χ2n) is 4.80. The minimum atomic E-state index is -0.686. The summed E-state index contributed by atoms with van der Waals surface area (Å²) in [6.45, 7) is 1.80. The van der Waals surface area contributed by atoms with Crippen molar-refractivity contribution in [2.75, 3.05) is 0 Å². The molecule has 1 aliphatic rings. The van der Waals surface area contributed by atoms with Crippen molar-refractivity contribution in [2.45, 2.75) is 26.2 Å². The minimum absolute atomic E-state index is 0.521. The average molecular weight is 231 g/mol. The largest absolute Gasteiger partial charge is 0.481 e. The van der Waals surface area contributed by atoms with Crippen LogP contribution in [0.4, 0.5) is 0 Å². The van der Waals surface area contributed by atoms with Crippen LogP contribution in [-0.4, -0.2) is 16.1 Å². The number of carbonyl (C=O) groups is 1. The molecule has 88 valence electrons. The molecule has 1 fully saturated rings. The molecule has 0 amide bonds. The summed E-state index contributed by atoms with van der Waals surface area (Å²) in [4.78, 5) is 15.4.